The molecule has 2 aromatic carbocycles. The van der Waals surface area contributed by atoms with E-state index in [9.17, 15) is 14.0 Å². The van der Waals surface area contributed by atoms with E-state index in [2.05, 4.69) is 5.32 Å². The number of carbonyl (C=O) groups excluding carboxylic acids is 2. The molecule has 0 aromatic heterocycles. The molecule has 1 N–H and O–H groups in total. The Labute approximate surface area is 182 Å². The van der Waals surface area contributed by atoms with Gasteiger partial charge in [0.15, 0.2) is 5.60 Å². The Balaban J connectivity index is 1.54. The van der Waals surface area contributed by atoms with Gasteiger partial charge in [-0.1, -0.05) is 42.8 Å². The molecule has 0 bridgehead atoms. The van der Waals surface area contributed by atoms with E-state index in [0.29, 0.717) is 26.1 Å². The largest absolute Gasteiger partial charge is 0.361 e. The van der Waals surface area contributed by atoms with Crippen LogP contribution in [0.15, 0.2) is 48.5 Å². The van der Waals surface area contributed by atoms with E-state index in [1.54, 1.807) is 12.1 Å². The lowest BCUT2D eigenvalue weighted by Gasteiger charge is -2.43. The van der Waals surface area contributed by atoms with Crippen LogP contribution in [-0.2, 0) is 20.7 Å². The second-order valence-corrected chi connectivity index (χ2v) is 8.47. The molecule has 2 fully saturated rings. The average Bonchev–Trinajstić information content (AvgIpc) is 2.74. The molecule has 1 aliphatic heterocycles. The van der Waals surface area contributed by atoms with Crippen molar-refractivity contribution in [3.8, 4) is 11.1 Å². The maximum Gasteiger partial charge on any atom is 0.254 e. The topological polar surface area (TPSA) is 58.6 Å². The predicted molar refractivity (Wildman–Crippen MR) is 117 cm³/mol. The Kier molecular flexibility index (Phi) is 6.37. The molecule has 2 aliphatic rings. The number of nitrogens with zero attached hydrogens (tertiary/aromatic N) is 1. The van der Waals surface area contributed by atoms with Gasteiger partial charge in [0.2, 0.25) is 5.91 Å². The zero-order valence-corrected chi connectivity index (χ0v) is 17.9. The van der Waals surface area contributed by atoms with Gasteiger partial charge in [-0.15, -0.1) is 0 Å². The van der Waals surface area contributed by atoms with Gasteiger partial charge in [-0.25, -0.2) is 4.39 Å². The van der Waals surface area contributed by atoms with Gasteiger partial charge in [-0.05, 0) is 48.6 Å². The molecule has 0 spiro atoms. The van der Waals surface area contributed by atoms with Crippen molar-refractivity contribution in [3.05, 3.63) is 59.9 Å². The number of hydrogen-bond acceptors (Lipinski definition) is 3. The average molecular weight is 425 g/mol. The van der Waals surface area contributed by atoms with E-state index in [0.717, 1.165) is 36.0 Å². The van der Waals surface area contributed by atoms with Gasteiger partial charge in [0.05, 0.1) is 13.2 Å². The molecular formula is C25H29FN2O3. The van der Waals surface area contributed by atoms with E-state index >= 15 is 0 Å². The highest BCUT2D eigenvalue weighted by atomic mass is 19.1. The van der Waals surface area contributed by atoms with Crippen molar-refractivity contribution in [3.63, 3.8) is 0 Å². The van der Waals surface area contributed by atoms with Crippen molar-refractivity contribution in [2.45, 2.75) is 38.2 Å². The molecule has 2 amide bonds. The molecule has 2 aromatic rings. The molecule has 1 unspecified atom stereocenters. The van der Waals surface area contributed by atoms with Crippen LogP contribution < -0.4 is 5.32 Å². The maximum absolute atomic E-state index is 13.2. The fourth-order valence-electron chi connectivity index (χ4n) is 4.32. The Morgan fingerprint density at radius 3 is 2.32 bits per heavy atom. The van der Waals surface area contributed by atoms with E-state index in [4.69, 9.17) is 4.74 Å². The molecule has 31 heavy (non-hydrogen) atoms. The summed E-state index contributed by atoms with van der Waals surface area (Å²) in [4.78, 5) is 27.7. The first-order chi connectivity index (χ1) is 15.0. The van der Waals surface area contributed by atoms with Gasteiger partial charge in [0, 0.05) is 25.4 Å². The van der Waals surface area contributed by atoms with Crippen molar-refractivity contribution in [2.24, 2.45) is 5.92 Å². The summed E-state index contributed by atoms with van der Waals surface area (Å²) < 4.78 is 19.3. The first-order valence-electron chi connectivity index (χ1n) is 11.1. The number of hydrogen-bond donors (Lipinski definition) is 1. The van der Waals surface area contributed by atoms with Gasteiger partial charge in [0.25, 0.3) is 5.91 Å². The minimum atomic E-state index is -1.09. The molecular weight excluding hydrogens is 395 g/mol. The first kappa shape index (κ1) is 21.5. The molecule has 164 valence electrons. The van der Waals surface area contributed by atoms with Crippen LogP contribution in [0.1, 0.15) is 31.7 Å². The molecule has 1 aliphatic carbocycles. The van der Waals surface area contributed by atoms with Crippen LogP contribution in [-0.4, -0.2) is 48.6 Å². The summed E-state index contributed by atoms with van der Waals surface area (Å²) in [5, 5.41) is 2.90. The number of nitrogens with one attached hydrogen (secondary N) is 1. The van der Waals surface area contributed by atoms with Gasteiger partial charge < -0.3 is 15.0 Å². The highest BCUT2D eigenvalue weighted by Crippen LogP contribution is 2.31. The molecule has 6 heteroatoms. The monoisotopic (exact) mass is 424 g/mol. The summed E-state index contributed by atoms with van der Waals surface area (Å²) in [6.07, 6.45) is 3.37. The summed E-state index contributed by atoms with van der Waals surface area (Å²) in [6.45, 7) is 3.53. The molecule has 1 saturated carbocycles. The fraction of sp³-hybridized carbons (Fsp3) is 0.440. The first-order valence-corrected chi connectivity index (χ1v) is 11.1. The number of halogens is 1. The quantitative estimate of drug-likeness (QED) is 0.771. The minimum absolute atomic E-state index is 0.0972. The Hall–Kier alpha value is -2.73. The van der Waals surface area contributed by atoms with Crippen molar-refractivity contribution in [1.29, 1.82) is 0 Å². The van der Waals surface area contributed by atoms with Gasteiger partial charge in [-0.3, -0.25) is 9.59 Å². The number of rotatable bonds is 6. The highest BCUT2D eigenvalue weighted by Gasteiger charge is 2.46. The van der Waals surface area contributed by atoms with E-state index in [1.165, 1.54) is 12.1 Å². The molecule has 4 rings (SSSR count). The number of likely N-dealkylation sites (N-methyl/N-ethyl adjacent to an activating group) is 1. The smallest absolute Gasteiger partial charge is 0.254 e. The third kappa shape index (κ3) is 4.64. The summed E-state index contributed by atoms with van der Waals surface area (Å²) >= 11 is 0. The molecule has 5 nitrogen and oxygen atoms in total. The van der Waals surface area contributed by atoms with Crippen LogP contribution in [0.4, 0.5) is 4.39 Å². The van der Waals surface area contributed by atoms with E-state index < -0.39 is 5.60 Å². The Bertz CT molecular complexity index is 925. The van der Waals surface area contributed by atoms with Crippen LogP contribution in [0, 0.1) is 11.7 Å². The third-order valence-electron chi connectivity index (χ3n) is 6.32. The summed E-state index contributed by atoms with van der Waals surface area (Å²) in [6, 6.07) is 14.2. The SMILES string of the molecule is CCNC(=O)C1(Cc2ccc(-c3ccc(F)cc3)cc2)CN(C(=O)C2CCC2)CCO1. The van der Waals surface area contributed by atoms with Gasteiger partial charge in [-0.2, -0.15) is 0 Å². The Morgan fingerprint density at radius 2 is 1.74 bits per heavy atom. The number of carbonyl (C=O) groups is 2. The van der Waals surface area contributed by atoms with Crippen molar-refractivity contribution >= 4 is 11.8 Å². The normalized spacial score (nSPS) is 21.4. The predicted octanol–water partition coefficient (Wildman–Crippen LogP) is 3.57. The summed E-state index contributed by atoms with van der Waals surface area (Å²) in [5.74, 6) is -0.196. The lowest BCUT2D eigenvalue weighted by molar-refractivity contribution is -0.168. The summed E-state index contributed by atoms with van der Waals surface area (Å²) in [5.41, 5.74) is 1.76. The molecule has 0 radical (unpaired) electrons. The number of morpholine rings is 1. The Morgan fingerprint density at radius 1 is 1.10 bits per heavy atom. The molecule has 1 atom stereocenters. The number of benzene rings is 2. The van der Waals surface area contributed by atoms with Crippen molar-refractivity contribution in [1.82, 2.24) is 10.2 Å². The zero-order valence-electron chi connectivity index (χ0n) is 17.9. The van der Waals surface area contributed by atoms with Crippen LogP contribution in [0.2, 0.25) is 0 Å². The number of amides is 2. The van der Waals surface area contributed by atoms with E-state index in [-0.39, 0.29) is 30.1 Å². The summed E-state index contributed by atoms with van der Waals surface area (Å²) in [7, 11) is 0. The molecule has 1 heterocycles. The van der Waals surface area contributed by atoms with Crippen molar-refractivity contribution < 1.29 is 18.7 Å². The molecule has 1 saturated heterocycles. The lowest BCUT2D eigenvalue weighted by Crippen LogP contribution is -2.62. The zero-order chi connectivity index (χ0) is 21.8. The third-order valence-corrected chi connectivity index (χ3v) is 6.32. The maximum atomic E-state index is 13.2. The van der Waals surface area contributed by atoms with Crippen molar-refractivity contribution in [2.75, 3.05) is 26.2 Å². The second-order valence-electron chi connectivity index (χ2n) is 8.47. The van der Waals surface area contributed by atoms with E-state index in [1.807, 2.05) is 36.1 Å². The minimum Gasteiger partial charge on any atom is -0.361 e. The van der Waals surface area contributed by atoms with Crippen LogP contribution >= 0.6 is 0 Å². The second kappa shape index (κ2) is 9.18. The van der Waals surface area contributed by atoms with Gasteiger partial charge in [0.1, 0.15) is 5.82 Å². The van der Waals surface area contributed by atoms with Gasteiger partial charge >= 0.3 is 0 Å². The highest BCUT2D eigenvalue weighted by molar-refractivity contribution is 5.88. The number of ether oxygens (including phenoxy) is 1. The standard InChI is InChI=1S/C25H29FN2O3/c1-2-27-24(30)25(17-28(14-15-31-25)23(29)21-4-3-5-21)16-18-6-8-19(9-7-18)20-10-12-22(26)13-11-20/h6-13,21H,2-5,14-17H2,1H3,(H,27,30). The van der Waals surface area contributed by atoms with Crippen LogP contribution in [0.25, 0.3) is 11.1 Å². The fourth-order valence-corrected chi connectivity index (χ4v) is 4.32. The lowest BCUT2D eigenvalue weighted by atomic mass is 9.83. The van der Waals surface area contributed by atoms with Crippen LogP contribution in [0.3, 0.4) is 0 Å². The van der Waals surface area contributed by atoms with Crippen LogP contribution in [0.5, 0.6) is 0 Å².